The van der Waals surface area contributed by atoms with E-state index >= 15 is 0 Å². The lowest BCUT2D eigenvalue weighted by atomic mass is 9.93. The minimum Gasteiger partial charge on any atom is -0.497 e. The van der Waals surface area contributed by atoms with Crippen molar-refractivity contribution in [3.63, 3.8) is 0 Å². The number of hydrogen-bond acceptors (Lipinski definition) is 12. The first-order chi connectivity index (χ1) is 40.1. The number of ether oxygens (including phenoxy) is 4. The molecule has 0 fully saturated rings. The van der Waals surface area contributed by atoms with Crippen LogP contribution in [0.15, 0.2) is 216 Å². The number of hydrogen-bond donors (Lipinski definition) is 1. The van der Waals surface area contributed by atoms with Crippen LogP contribution in [-0.4, -0.2) is 66.9 Å². The Hall–Kier alpha value is -9.67. The number of unbranched alkanes of at least 4 members (excludes halogenated alkanes) is 1. The molecule has 7 aromatic carbocycles. The summed E-state index contributed by atoms with van der Waals surface area (Å²) in [6.45, 7) is 10.2. The third-order valence-corrected chi connectivity index (χ3v) is 13.1. The Balaban J connectivity index is 0.000000209. The van der Waals surface area contributed by atoms with Gasteiger partial charge in [0.05, 0.1) is 37.5 Å². The standard InChI is InChI=1S/C24H27NO2.C19H14N2O3S.C13H16O3.C12H11NO2/c1-3-5-12-19(4-2)18-27-24(26)22(17-25)23(20-13-8-6-9-14-20)21-15-10-7-11-16-21;22-25(23,24)17-13-7-12-16-18(17)21(15-10-5-2-6-11-15)19(20-16)14-8-3-1-4-9-14;1-10(2)16-13(14)9-6-11-4-7-12(15-3)8-5-11;1-2-15-12(14)11(9-13)8-10-6-4-3-5-7-10/h6-11,13-16,19H,3-5,12,18H2,1-2H3;1-13H,(H,22,23,24);4-10H,1-3H3;3-8H,2H2,1H3. The smallest absolute Gasteiger partial charge is 0.349 e. The van der Waals surface area contributed by atoms with E-state index in [2.05, 4.69) is 24.9 Å². The van der Waals surface area contributed by atoms with Crippen LogP contribution in [0, 0.1) is 28.6 Å². The highest BCUT2D eigenvalue weighted by Gasteiger charge is 2.23. The van der Waals surface area contributed by atoms with Crippen LogP contribution < -0.4 is 4.74 Å². The summed E-state index contributed by atoms with van der Waals surface area (Å²) in [6, 6.07) is 63.1. The van der Waals surface area contributed by atoms with Gasteiger partial charge in [0, 0.05) is 22.9 Å². The Kier molecular flexibility index (Phi) is 26.1. The average Bonchev–Trinajstić information content (AvgIpc) is 3.65. The summed E-state index contributed by atoms with van der Waals surface area (Å²) in [7, 11) is -2.77. The SMILES string of the molecule is CCCCC(CC)COC(=O)C(C#N)=C(c1ccccc1)c1ccccc1.CCOC(=O)C(C#N)=Cc1ccccc1.COc1ccc(C=CC(=O)OC(C)C)cc1.O=S(=O)(O)c1cccc2nc(-c3ccccc3)n(-c3ccccc3)c12. The van der Waals surface area contributed by atoms with E-state index in [0.717, 1.165) is 64.9 Å². The van der Waals surface area contributed by atoms with E-state index in [1.807, 2.05) is 196 Å². The first-order valence-corrected chi connectivity index (χ1v) is 28.5. The zero-order valence-electron chi connectivity index (χ0n) is 47.4. The Bertz CT molecular complexity index is 3590. The number of carbonyl (C=O) groups is 3. The molecule has 0 bridgehead atoms. The first kappa shape index (κ1) is 64.2. The van der Waals surface area contributed by atoms with Gasteiger partial charge in [-0.3, -0.25) is 9.12 Å². The van der Waals surface area contributed by atoms with Crippen LogP contribution >= 0.6 is 0 Å². The molecule has 14 nitrogen and oxygen atoms in total. The van der Waals surface area contributed by atoms with Crippen molar-refractivity contribution in [2.45, 2.75) is 71.3 Å². The van der Waals surface area contributed by atoms with Crippen LogP contribution in [0.1, 0.15) is 82.6 Å². The predicted molar refractivity (Wildman–Crippen MR) is 325 cm³/mol. The largest absolute Gasteiger partial charge is 0.497 e. The van der Waals surface area contributed by atoms with Crippen LogP contribution in [0.25, 0.3) is 45.8 Å². The molecular formula is C68H68N4O10S. The van der Waals surface area contributed by atoms with Crippen molar-refractivity contribution in [1.82, 2.24) is 9.55 Å². The molecule has 1 aromatic heterocycles. The van der Waals surface area contributed by atoms with Gasteiger partial charge in [0.15, 0.2) is 0 Å². The second kappa shape index (κ2) is 33.8. The lowest BCUT2D eigenvalue weighted by Crippen LogP contribution is -2.16. The van der Waals surface area contributed by atoms with E-state index < -0.39 is 22.1 Å². The Morgan fingerprint density at radius 2 is 1.24 bits per heavy atom. The maximum Gasteiger partial charge on any atom is 0.349 e. The van der Waals surface area contributed by atoms with Gasteiger partial charge in [0.25, 0.3) is 10.1 Å². The molecule has 0 spiro atoms. The van der Waals surface area contributed by atoms with Gasteiger partial charge < -0.3 is 18.9 Å². The second-order valence-corrected chi connectivity index (χ2v) is 20.0. The van der Waals surface area contributed by atoms with Gasteiger partial charge in [-0.1, -0.05) is 191 Å². The van der Waals surface area contributed by atoms with Crippen LogP contribution in [0.3, 0.4) is 0 Å². The van der Waals surface area contributed by atoms with Crippen LogP contribution in [0.2, 0.25) is 0 Å². The molecule has 0 amide bonds. The molecule has 1 N–H and O–H groups in total. The third-order valence-electron chi connectivity index (χ3n) is 12.3. The van der Waals surface area contributed by atoms with Crippen molar-refractivity contribution in [3.05, 3.63) is 234 Å². The fourth-order valence-corrected chi connectivity index (χ4v) is 8.85. The van der Waals surface area contributed by atoms with E-state index in [1.165, 1.54) is 18.2 Å². The van der Waals surface area contributed by atoms with Gasteiger partial charge in [-0.2, -0.15) is 18.9 Å². The molecule has 83 heavy (non-hydrogen) atoms. The number of rotatable bonds is 19. The summed E-state index contributed by atoms with van der Waals surface area (Å²) >= 11 is 0. The minimum absolute atomic E-state index is 0.0167. The van der Waals surface area contributed by atoms with Gasteiger partial charge in [0.2, 0.25) is 0 Å². The summed E-state index contributed by atoms with van der Waals surface area (Å²) in [6.07, 6.45) is 8.80. The molecule has 0 saturated carbocycles. The fourth-order valence-electron chi connectivity index (χ4n) is 8.16. The van der Waals surface area contributed by atoms with E-state index in [4.69, 9.17) is 24.2 Å². The number of imidazole rings is 1. The maximum atomic E-state index is 12.8. The highest BCUT2D eigenvalue weighted by atomic mass is 32.2. The van der Waals surface area contributed by atoms with Gasteiger partial charge in [-0.05, 0) is 104 Å². The normalized spacial score (nSPS) is 11.2. The van der Waals surface area contributed by atoms with Crippen LogP contribution in [-0.2, 0) is 38.7 Å². The summed E-state index contributed by atoms with van der Waals surface area (Å²) < 4.78 is 55.5. The molecule has 8 rings (SSSR count). The Morgan fingerprint density at radius 1 is 0.675 bits per heavy atom. The van der Waals surface area contributed by atoms with Crippen molar-refractivity contribution in [3.8, 4) is 35.0 Å². The molecule has 0 radical (unpaired) electrons. The predicted octanol–water partition coefficient (Wildman–Crippen LogP) is 14.5. The first-order valence-electron chi connectivity index (χ1n) is 27.0. The summed E-state index contributed by atoms with van der Waals surface area (Å²) in [5.74, 6) is 0.287. The van der Waals surface area contributed by atoms with Crippen molar-refractivity contribution >= 4 is 56.8 Å². The van der Waals surface area contributed by atoms with Crippen molar-refractivity contribution in [2.24, 2.45) is 5.92 Å². The summed E-state index contributed by atoms with van der Waals surface area (Å²) in [4.78, 5) is 39.7. The number of nitriles is 2. The fraction of sp³-hybridized carbons (Fsp3) is 0.206. The van der Waals surface area contributed by atoms with Gasteiger partial charge in [-0.25, -0.2) is 19.4 Å². The Morgan fingerprint density at radius 3 is 1.75 bits per heavy atom. The third kappa shape index (κ3) is 20.1. The lowest BCUT2D eigenvalue weighted by molar-refractivity contribution is -0.141. The molecular weight excluding hydrogens is 1060 g/mol. The average molecular weight is 1130 g/mol. The highest BCUT2D eigenvalue weighted by Crippen LogP contribution is 2.33. The number of esters is 3. The van der Waals surface area contributed by atoms with E-state index in [0.29, 0.717) is 35.0 Å². The minimum atomic E-state index is -4.39. The molecule has 8 aromatic rings. The number of para-hydroxylation sites is 2. The number of methoxy groups -OCH3 is 1. The lowest BCUT2D eigenvalue weighted by Gasteiger charge is -2.16. The summed E-state index contributed by atoms with van der Waals surface area (Å²) in [5, 5.41) is 18.5. The quantitative estimate of drug-likeness (QED) is 0.0263. The van der Waals surface area contributed by atoms with Gasteiger partial charge in [0.1, 0.15) is 39.8 Å². The number of benzene rings is 7. The molecule has 1 heterocycles. The summed E-state index contributed by atoms with van der Waals surface area (Å²) in [5.41, 5.74) is 6.55. The molecule has 0 aliphatic carbocycles. The molecule has 1 unspecified atom stereocenters. The van der Waals surface area contributed by atoms with E-state index in [-0.39, 0.29) is 34.7 Å². The molecule has 15 heteroatoms. The van der Waals surface area contributed by atoms with Crippen molar-refractivity contribution in [2.75, 3.05) is 20.3 Å². The van der Waals surface area contributed by atoms with E-state index in [1.54, 1.807) is 36.8 Å². The Labute approximate surface area is 487 Å². The van der Waals surface area contributed by atoms with Gasteiger partial charge in [-0.15, -0.1) is 0 Å². The maximum absolute atomic E-state index is 12.8. The topological polar surface area (TPSA) is 208 Å². The van der Waals surface area contributed by atoms with Gasteiger partial charge >= 0.3 is 17.9 Å². The van der Waals surface area contributed by atoms with Crippen LogP contribution in [0.4, 0.5) is 0 Å². The zero-order valence-corrected chi connectivity index (χ0v) is 48.2. The zero-order chi connectivity index (χ0) is 60.0. The van der Waals surface area contributed by atoms with Crippen molar-refractivity contribution < 1.29 is 46.3 Å². The molecule has 0 aliphatic rings. The number of carbonyl (C=O) groups excluding carboxylic acids is 3. The number of nitrogens with zero attached hydrogens (tertiary/aromatic N) is 4. The van der Waals surface area contributed by atoms with E-state index in [9.17, 15) is 32.6 Å². The number of aromatic nitrogens is 2. The monoisotopic (exact) mass is 1130 g/mol. The second-order valence-electron chi connectivity index (χ2n) is 18.6. The molecule has 0 saturated heterocycles. The highest BCUT2D eigenvalue weighted by molar-refractivity contribution is 7.86. The van der Waals surface area contributed by atoms with Crippen LogP contribution in [0.5, 0.6) is 5.75 Å². The number of fused-ring (bicyclic) bond motifs is 1. The molecule has 426 valence electrons. The molecule has 0 aliphatic heterocycles. The van der Waals surface area contributed by atoms with Crippen molar-refractivity contribution in [1.29, 1.82) is 10.5 Å². The molecule has 1 atom stereocenters.